The van der Waals surface area contributed by atoms with Gasteiger partial charge in [0.2, 0.25) is 0 Å². The summed E-state index contributed by atoms with van der Waals surface area (Å²) in [5.74, 6) is 1.85. The number of rotatable bonds is 7. The van der Waals surface area contributed by atoms with Crippen molar-refractivity contribution in [3.05, 3.63) is 41.0 Å². The highest BCUT2D eigenvalue weighted by molar-refractivity contribution is 5.70. The first-order valence-electron chi connectivity index (χ1n) is 8.63. The molecular weight excluding hydrogens is 316 g/mol. The normalized spacial score (nSPS) is 12.4. The van der Waals surface area contributed by atoms with Crippen molar-refractivity contribution >= 4 is 5.97 Å². The Balaban J connectivity index is 2.15. The highest BCUT2D eigenvalue weighted by atomic mass is 16.5. The second-order valence-electron chi connectivity index (χ2n) is 6.96. The molecule has 1 aromatic heterocycles. The monoisotopic (exact) mass is 344 g/mol. The molecule has 136 valence electrons. The zero-order chi connectivity index (χ0) is 18.6. The van der Waals surface area contributed by atoms with Crippen LogP contribution in [0.5, 0.6) is 5.75 Å². The Morgan fingerprint density at radius 3 is 2.40 bits per heavy atom. The molecule has 0 fully saturated rings. The van der Waals surface area contributed by atoms with Crippen LogP contribution in [-0.2, 0) is 18.4 Å². The van der Waals surface area contributed by atoms with Crippen molar-refractivity contribution < 1.29 is 9.53 Å². The first kappa shape index (κ1) is 19.1. The molecule has 0 amide bonds. The summed E-state index contributed by atoms with van der Waals surface area (Å²) in [6.45, 7) is 10.5. The molecule has 6 heteroatoms. The van der Waals surface area contributed by atoms with Gasteiger partial charge in [0.1, 0.15) is 17.9 Å². The molecule has 2 rings (SSSR count). The highest BCUT2D eigenvalue weighted by Gasteiger charge is 2.18. The molecule has 6 nitrogen and oxygen atoms in total. The lowest BCUT2D eigenvalue weighted by atomic mass is 10.0. The Hall–Kier alpha value is -2.21. The molecule has 1 aromatic carbocycles. The molecule has 2 aromatic rings. The van der Waals surface area contributed by atoms with Crippen molar-refractivity contribution in [2.45, 2.75) is 53.6 Å². The molecule has 0 radical (unpaired) electrons. The van der Waals surface area contributed by atoms with Crippen LogP contribution in [0, 0.1) is 19.8 Å². The topological polar surface area (TPSA) is 69.0 Å². The predicted octanol–water partition coefficient (Wildman–Crippen LogP) is 3.23. The van der Waals surface area contributed by atoms with Crippen LogP contribution in [0.1, 0.15) is 55.7 Å². The molecule has 1 N–H and O–H groups in total. The van der Waals surface area contributed by atoms with E-state index in [9.17, 15) is 4.79 Å². The summed E-state index contributed by atoms with van der Waals surface area (Å²) < 4.78 is 7.12. The Labute approximate surface area is 149 Å². The van der Waals surface area contributed by atoms with Crippen molar-refractivity contribution in [1.29, 1.82) is 0 Å². The van der Waals surface area contributed by atoms with E-state index in [4.69, 9.17) is 4.74 Å². The molecule has 0 aliphatic rings. The summed E-state index contributed by atoms with van der Waals surface area (Å²) in [6.07, 6.45) is 2.57. The van der Waals surface area contributed by atoms with Gasteiger partial charge in [0.15, 0.2) is 0 Å². The van der Waals surface area contributed by atoms with Crippen molar-refractivity contribution in [2.24, 2.45) is 13.0 Å². The first-order chi connectivity index (χ1) is 11.8. The fourth-order valence-electron chi connectivity index (χ4n) is 3.06. The standard InChI is InChI=1S/C19H28N4O2/c1-12(2)7-17(19-21-11-22-23(19)6)20-10-16-8-13(3)18(14(4)9-16)25-15(5)24/h8-9,11-12,17,20H,7,10H2,1-6H3/t17-/m0/s1. The quantitative estimate of drug-likeness (QED) is 0.617. The summed E-state index contributed by atoms with van der Waals surface area (Å²) in [5, 5.41) is 7.78. The largest absolute Gasteiger partial charge is 0.426 e. The van der Waals surface area contributed by atoms with E-state index in [-0.39, 0.29) is 12.0 Å². The lowest BCUT2D eigenvalue weighted by Crippen LogP contribution is -2.25. The van der Waals surface area contributed by atoms with Gasteiger partial charge in [-0.15, -0.1) is 0 Å². The van der Waals surface area contributed by atoms with Gasteiger partial charge in [-0.1, -0.05) is 26.0 Å². The number of aromatic nitrogens is 3. The highest BCUT2D eigenvalue weighted by Crippen LogP contribution is 2.26. The van der Waals surface area contributed by atoms with E-state index in [1.807, 2.05) is 25.6 Å². The molecule has 25 heavy (non-hydrogen) atoms. The van der Waals surface area contributed by atoms with E-state index in [2.05, 4.69) is 41.4 Å². The van der Waals surface area contributed by atoms with Crippen LogP contribution in [0.3, 0.4) is 0 Å². The van der Waals surface area contributed by atoms with Crippen LogP contribution in [0.4, 0.5) is 0 Å². The van der Waals surface area contributed by atoms with Gasteiger partial charge >= 0.3 is 5.97 Å². The minimum Gasteiger partial charge on any atom is -0.426 e. The van der Waals surface area contributed by atoms with Gasteiger partial charge in [-0.05, 0) is 42.9 Å². The minimum absolute atomic E-state index is 0.140. The second-order valence-corrected chi connectivity index (χ2v) is 6.96. The maximum absolute atomic E-state index is 11.2. The molecule has 0 saturated carbocycles. The molecule has 0 spiro atoms. The van der Waals surface area contributed by atoms with Gasteiger partial charge in [-0.25, -0.2) is 4.98 Å². The maximum atomic E-state index is 11.2. The molecule has 0 aliphatic heterocycles. The Kier molecular flexibility index (Phi) is 6.31. The van der Waals surface area contributed by atoms with Gasteiger partial charge in [0, 0.05) is 20.5 Å². The maximum Gasteiger partial charge on any atom is 0.308 e. The average molecular weight is 344 g/mol. The Morgan fingerprint density at radius 2 is 1.92 bits per heavy atom. The van der Waals surface area contributed by atoms with Crippen molar-refractivity contribution in [2.75, 3.05) is 0 Å². The van der Waals surface area contributed by atoms with Crippen LogP contribution < -0.4 is 10.1 Å². The lowest BCUT2D eigenvalue weighted by molar-refractivity contribution is -0.131. The SMILES string of the molecule is CC(=O)Oc1c(C)cc(CN[C@@H](CC(C)C)c2ncnn2C)cc1C. The van der Waals surface area contributed by atoms with Gasteiger partial charge in [0.05, 0.1) is 6.04 Å². The number of carbonyl (C=O) groups excluding carboxylic acids is 1. The number of nitrogens with one attached hydrogen (secondary N) is 1. The smallest absolute Gasteiger partial charge is 0.308 e. The number of ether oxygens (including phenoxy) is 1. The number of esters is 1. The zero-order valence-corrected chi connectivity index (χ0v) is 16.0. The number of nitrogens with zero attached hydrogens (tertiary/aromatic N) is 3. The molecule has 1 heterocycles. The third-order valence-corrected chi connectivity index (χ3v) is 4.08. The number of hydrogen-bond donors (Lipinski definition) is 1. The third-order valence-electron chi connectivity index (χ3n) is 4.08. The molecule has 1 atom stereocenters. The fraction of sp³-hybridized carbons (Fsp3) is 0.526. The van der Waals surface area contributed by atoms with Crippen molar-refractivity contribution in [3.63, 3.8) is 0 Å². The number of aryl methyl sites for hydroxylation is 3. The predicted molar refractivity (Wildman–Crippen MR) is 97.3 cm³/mol. The van der Waals surface area contributed by atoms with Gasteiger partial charge < -0.3 is 10.1 Å². The molecule has 0 unspecified atom stereocenters. The Morgan fingerprint density at radius 1 is 1.28 bits per heavy atom. The van der Waals surface area contributed by atoms with E-state index in [1.54, 1.807) is 6.33 Å². The van der Waals surface area contributed by atoms with E-state index < -0.39 is 0 Å². The number of hydrogen-bond acceptors (Lipinski definition) is 5. The van der Waals surface area contributed by atoms with Gasteiger partial charge in [-0.2, -0.15) is 5.10 Å². The first-order valence-corrected chi connectivity index (χ1v) is 8.63. The molecule has 0 aliphatic carbocycles. The van der Waals surface area contributed by atoms with Crippen LogP contribution in [0.15, 0.2) is 18.5 Å². The van der Waals surface area contributed by atoms with E-state index in [0.717, 1.165) is 28.9 Å². The van der Waals surface area contributed by atoms with E-state index in [0.29, 0.717) is 18.2 Å². The number of benzene rings is 1. The summed E-state index contributed by atoms with van der Waals surface area (Å²) >= 11 is 0. The average Bonchev–Trinajstić information content (AvgIpc) is 2.93. The van der Waals surface area contributed by atoms with Crippen molar-refractivity contribution in [1.82, 2.24) is 20.1 Å². The Bertz CT molecular complexity index is 714. The molecule has 0 saturated heterocycles. The van der Waals surface area contributed by atoms with E-state index in [1.165, 1.54) is 6.92 Å². The van der Waals surface area contributed by atoms with Crippen LogP contribution in [0.25, 0.3) is 0 Å². The van der Waals surface area contributed by atoms with Gasteiger partial charge in [-0.3, -0.25) is 9.48 Å². The fourth-order valence-corrected chi connectivity index (χ4v) is 3.06. The third kappa shape index (κ3) is 5.13. The molecule has 0 bridgehead atoms. The zero-order valence-electron chi connectivity index (χ0n) is 16.0. The number of carbonyl (C=O) groups is 1. The van der Waals surface area contributed by atoms with Crippen LogP contribution in [-0.4, -0.2) is 20.7 Å². The molecular formula is C19H28N4O2. The summed E-state index contributed by atoms with van der Waals surface area (Å²) in [5.41, 5.74) is 3.08. The minimum atomic E-state index is -0.295. The lowest BCUT2D eigenvalue weighted by Gasteiger charge is -2.20. The summed E-state index contributed by atoms with van der Waals surface area (Å²) in [4.78, 5) is 15.6. The van der Waals surface area contributed by atoms with E-state index >= 15 is 0 Å². The van der Waals surface area contributed by atoms with Crippen LogP contribution >= 0.6 is 0 Å². The second kappa shape index (κ2) is 8.25. The van der Waals surface area contributed by atoms with Gasteiger partial charge in [0.25, 0.3) is 0 Å². The summed E-state index contributed by atoms with van der Waals surface area (Å²) in [6, 6.07) is 4.25. The summed E-state index contributed by atoms with van der Waals surface area (Å²) in [7, 11) is 1.92. The van der Waals surface area contributed by atoms with Crippen molar-refractivity contribution in [3.8, 4) is 5.75 Å². The van der Waals surface area contributed by atoms with Crippen LogP contribution in [0.2, 0.25) is 0 Å².